The number of benzene rings is 1. The zero-order valence-corrected chi connectivity index (χ0v) is 10.9. The molecule has 0 saturated heterocycles. The third kappa shape index (κ3) is 2.84. The smallest absolute Gasteiger partial charge is 0.0623 e. The van der Waals surface area contributed by atoms with Crippen molar-refractivity contribution < 1.29 is 5.11 Å². The molecule has 1 saturated carbocycles. The maximum Gasteiger partial charge on any atom is 0.0623 e. The second-order valence-corrected chi connectivity index (χ2v) is 5.46. The first-order chi connectivity index (χ1) is 7.72. The van der Waals surface area contributed by atoms with Gasteiger partial charge in [0, 0.05) is 16.9 Å². The number of rotatable bonds is 5. The molecule has 0 aliphatic heterocycles. The Labute approximate surface area is 105 Å². The highest BCUT2D eigenvalue weighted by atomic mass is 79.9. The summed E-state index contributed by atoms with van der Waals surface area (Å²) in [6.45, 7) is 0.497. The van der Waals surface area contributed by atoms with E-state index in [2.05, 4.69) is 15.9 Å². The highest BCUT2D eigenvalue weighted by molar-refractivity contribution is 9.10. The third-order valence-electron chi connectivity index (χ3n) is 3.29. The summed E-state index contributed by atoms with van der Waals surface area (Å²) in [6, 6.07) is 8.01. The van der Waals surface area contributed by atoms with Gasteiger partial charge >= 0.3 is 0 Å². The van der Waals surface area contributed by atoms with Crippen LogP contribution in [0, 0.1) is 5.92 Å². The molecule has 2 rings (SSSR count). The Bertz CT molecular complexity index is 352. The molecule has 3 N–H and O–H groups in total. The van der Waals surface area contributed by atoms with Crippen LogP contribution in [0.4, 0.5) is 0 Å². The van der Waals surface area contributed by atoms with Gasteiger partial charge in [-0.25, -0.2) is 0 Å². The van der Waals surface area contributed by atoms with Crippen LogP contribution in [-0.4, -0.2) is 17.8 Å². The molecular formula is C13H18BrNO. The van der Waals surface area contributed by atoms with E-state index in [0.717, 1.165) is 22.4 Å². The first kappa shape index (κ1) is 12.1. The minimum atomic E-state index is -0.309. The summed E-state index contributed by atoms with van der Waals surface area (Å²) in [4.78, 5) is 0. The first-order valence-corrected chi connectivity index (χ1v) is 6.64. The Kier molecular flexibility index (Phi) is 4.00. The van der Waals surface area contributed by atoms with Crippen LogP contribution < -0.4 is 5.73 Å². The largest absolute Gasteiger partial charge is 0.392 e. The molecule has 1 fully saturated rings. The summed E-state index contributed by atoms with van der Waals surface area (Å²) in [7, 11) is 0. The van der Waals surface area contributed by atoms with Gasteiger partial charge in [-0.05, 0) is 24.0 Å². The fourth-order valence-corrected chi connectivity index (χ4v) is 2.71. The topological polar surface area (TPSA) is 46.2 Å². The van der Waals surface area contributed by atoms with Crippen molar-refractivity contribution in [2.45, 2.75) is 31.3 Å². The van der Waals surface area contributed by atoms with E-state index in [9.17, 15) is 5.11 Å². The summed E-state index contributed by atoms with van der Waals surface area (Å²) in [6.07, 6.45) is 3.12. The molecule has 88 valence electrons. The number of nitrogens with two attached hydrogens (primary N) is 1. The second-order valence-electron chi connectivity index (χ2n) is 4.61. The van der Waals surface area contributed by atoms with Crippen molar-refractivity contribution in [2.75, 3.05) is 6.54 Å². The highest BCUT2D eigenvalue weighted by Crippen LogP contribution is 2.37. The lowest BCUT2D eigenvalue weighted by Gasteiger charge is -2.22. The fraction of sp³-hybridized carbons (Fsp3) is 0.538. The van der Waals surface area contributed by atoms with Gasteiger partial charge < -0.3 is 10.8 Å². The summed E-state index contributed by atoms with van der Waals surface area (Å²) in [5.41, 5.74) is 6.91. The predicted molar refractivity (Wildman–Crippen MR) is 69.3 cm³/mol. The van der Waals surface area contributed by atoms with Gasteiger partial charge in [-0.3, -0.25) is 0 Å². The molecule has 0 bridgehead atoms. The van der Waals surface area contributed by atoms with E-state index in [1.165, 1.54) is 12.8 Å². The van der Waals surface area contributed by atoms with Crippen LogP contribution in [0.5, 0.6) is 0 Å². The zero-order valence-electron chi connectivity index (χ0n) is 9.27. The van der Waals surface area contributed by atoms with Gasteiger partial charge in [-0.2, -0.15) is 0 Å². The molecular weight excluding hydrogens is 266 g/mol. The fourth-order valence-electron chi connectivity index (χ4n) is 2.13. The van der Waals surface area contributed by atoms with Crippen molar-refractivity contribution in [3.05, 3.63) is 34.3 Å². The number of aliphatic hydroxyl groups is 1. The summed E-state index contributed by atoms with van der Waals surface area (Å²) < 4.78 is 1.04. The molecule has 1 aromatic carbocycles. The number of halogens is 1. The molecule has 1 aliphatic carbocycles. The van der Waals surface area contributed by atoms with Gasteiger partial charge in [-0.15, -0.1) is 0 Å². The molecule has 0 heterocycles. The SMILES string of the molecule is NCC(c1ccccc1Br)C(O)CC1CC1. The minimum absolute atomic E-state index is 0.0520. The molecule has 1 aromatic rings. The van der Waals surface area contributed by atoms with Crippen LogP contribution in [0.15, 0.2) is 28.7 Å². The molecule has 16 heavy (non-hydrogen) atoms. The molecule has 0 amide bonds. The van der Waals surface area contributed by atoms with E-state index < -0.39 is 0 Å². The van der Waals surface area contributed by atoms with E-state index in [1.54, 1.807) is 0 Å². The van der Waals surface area contributed by atoms with Crippen molar-refractivity contribution >= 4 is 15.9 Å². The Morgan fingerprint density at radius 2 is 2.06 bits per heavy atom. The van der Waals surface area contributed by atoms with Crippen molar-refractivity contribution in [1.82, 2.24) is 0 Å². The monoisotopic (exact) mass is 283 g/mol. The minimum Gasteiger partial charge on any atom is -0.392 e. The van der Waals surface area contributed by atoms with E-state index in [-0.39, 0.29) is 12.0 Å². The normalized spacial score (nSPS) is 19.4. The van der Waals surface area contributed by atoms with Crippen molar-refractivity contribution in [3.8, 4) is 0 Å². The molecule has 1 aliphatic rings. The lowest BCUT2D eigenvalue weighted by Crippen LogP contribution is -2.26. The van der Waals surface area contributed by atoms with Crippen LogP contribution in [0.25, 0.3) is 0 Å². The highest BCUT2D eigenvalue weighted by Gasteiger charge is 2.29. The lowest BCUT2D eigenvalue weighted by atomic mass is 9.90. The van der Waals surface area contributed by atoms with Crippen molar-refractivity contribution in [3.63, 3.8) is 0 Å². The lowest BCUT2D eigenvalue weighted by molar-refractivity contribution is 0.129. The van der Waals surface area contributed by atoms with Crippen molar-refractivity contribution in [1.29, 1.82) is 0 Å². The molecule has 0 spiro atoms. The molecule has 2 atom stereocenters. The van der Waals surface area contributed by atoms with E-state index in [0.29, 0.717) is 6.54 Å². The maximum absolute atomic E-state index is 10.2. The van der Waals surface area contributed by atoms with Gasteiger partial charge in [0.05, 0.1) is 6.10 Å². The summed E-state index contributed by atoms with van der Waals surface area (Å²) in [5.74, 6) is 0.780. The van der Waals surface area contributed by atoms with Crippen LogP contribution in [-0.2, 0) is 0 Å². The predicted octanol–water partition coefficient (Wildman–Crippen LogP) is 2.65. The van der Waals surface area contributed by atoms with Crippen molar-refractivity contribution in [2.24, 2.45) is 11.7 Å². The van der Waals surface area contributed by atoms with Crippen LogP contribution in [0.2, 0.25) is 0 Å². The molecule has 0 radical (unpaired) electrons. The molecule has 2 nitrogen and oxygen atoms in total. The van der Waals surface area contributed by atoms with Crippen LogP contribution >= 0.6 is 15.9 Å². The molecule has 3 heteroatoms. The summed E-state index contributed by atoms with van der Waals surface area (Å²) >= 11 is 3.52. The average Bonchev–Trinajstić information content (AvgIpc) is 3.06. The molecule has 0 aromatic heterocycles. The number of aliphatic hydroxyl groups excluding tert-OH is 1. The van der Waals surface area contributed by atoms with Gasteiger partial charge in [0.1, 0.15) is 0 Å². The van der Waals surface area contributed by atoms with Gasteiger partial charge in [0.15, 0.2) is 0 Å². The van der Waals surface area contributed by atoms with Crippen LogP contribution in [0.1, 0.15) is 30.7 Å². The average molecular weight is 284 g/mol. The quantitative estimate of drug-likeness (QED) is 0.873. The molecule has 2 unspecified atom stereocenters. The van der Waals surface area contributed by atoms with E-state index >= 15 is 0 Å². The second kappa shape index (κ2) is 5.30. The number of hydrogen-bond donors (Lipinski definition) is 2. The maximum atomic E-state index is 10.2. The Morgan fingerprint density at radius 3 is 2.62 bits per heavy atom. The zero-order chi connectivity index (χ0) is 11.5. The van der Waals surface area contributed by atoms with Crippen LogP contribution in [0.3, 0.4) is 0 Å². The summed E-state index contributed by atoms with van der Waals surface area (Å²) in [5, 5.41) is 10.2. The Morgan fingerprint density at radius 1 is 1.38 bits per heavy atom. The first-order valence-electron chi connectivity index (χ1n) is 5.85. The Hall–Kier alpha value is -0.380. The Balaban J connectivity index is 2.11. The third-order valence-corrected chi connectivity index (χ3v) is 4.02. The van der Waals surface area contributed by atoms with Gasteiger partial charge in [-0.1, -0.05) is 47.0 Å². The van der Waals surface area contributed by atoms with Gasteiger partial charge in [0.25, 0.3) is 0 Å². The van der Waals surface area contributed by atoms with E-state index in [4.69, 9.17) is 5.73 Å². The van der Waals surface area contributed by atoms with Gasteiger partial charge in [0.2, 0.25) is 0 Å². The standard InChI is InChI=1S/C13H18BrNO/c14-12-4-2-1-3-10(12)11(8-15)13(16)7-9-5-6-9/h1-4,9,11,13,16H,5-8,15H2. The number of hydrogen-bond acceptors (Lipinski definition) is 2. The van der Waals surface area contributed by atoms with E-state index in [1.807, 2.05) is 24.3 Å².